The summed E-state index contributed by atoms with van der Waals surface area (Å²) in [7, 11) is 3.25. The van der Waals surface area contributed by atoms with Crippen molar-refractivity contribution >= 4 is 11.8 Å². The van der Waals surface area contributed by atoms with Gasteiger partial charge in [0.15, 0.2) is 11.5 Å². The molecule has 4 rings (SSSR count). The number of carbonyl (C=O) groups excluding carboxylic acids is 1. The minimum absolute atomic E-state index is 0.0951. The van der Waals surface area contributed by atoms with Crippen molar-refractivity contribution in [2.75, 3.05) is 20.8 Å². The molecule has 0 fully saturated rings. The fraction of sp³-hybridized carbons (Fsp3) is 0.381. The molecule has 0 saturated heterocycles. The van der Waals surface area contributed by atoms with Crippen LogP contribution in [0.5, 0.6) is 11.5 Å². The number of amides is 2. The molecule has 0 saturated carbocycles. The van der Waals surface area contributed by atoms with E-state index < -0.39 is 0 Å². The Morgan fingerprint density at radius 3 is 2.69 bits per heavy atom. The van der Waals surface area contributed by atoms with E-state index in [1.165, 1.54) is 5.56 Å². The molecule has 1 unspecified atom stereocenters. The zero-order chi connectivity index (χ0) is 20.4. The number of benzene rings is 1. The molecule has 1 aromatic carbocycles. The molecule has 2 aromatic heterocycles. The number of nitrogens with zero attached hydrogens (tertiary/aromatic N) is 4. The topological polar surface area (TPSA) is 81.0 Å². The average Bonchev–Trinajstić information content (AvgIpc) is 3.19. The highest BCUT2D eigenvalue weighted by Gasteiger charge is 2.25. The molecule has 0 radical (unpaired) electrons. The van der Waals surface area contributed by atoms with E-state index in [9.17, 15) is 4.79 Å². The lowest BCUT2D eigenvalue weighted by Gasteiger charge is -2.31. The van der Waals surface area contributed by atoms with E-state index in [-0.39, 0.29) is 12.1 Å². The Balaban J connectivity index is 1.49. The van der Waals surface area contributed by atoms with E-state index in [0.717, 1.165) is 29.8 Å². The van der Waals surface area contributed by atoms with Crippen LogP contribution in [0.15, 0.2) is 36.8 Å². The first-order chi connectivity index (χ1) is 14.1. The number of hydrogen-bond acceptors (Lipinski definition) is 5. The Morgan fingerprint density at radius 1 is 1.24 bits per heavy atom. The van der Waals surface area contributed by atoms with Crippen LogP contribution < -0.4 is 14.8 Å². The van der Waals surface area contributed by atoms with Gasteiger partial charge >= 0.3 is 6.03 Å². The van der Waals surface area contributed by atoms with Crippen LogP contribution in [0.2, 0.25) is 0 Å². The summed E-state index contributed by atoms with van der Waals surface area (Å²) < 4.78 is 12.7. The summed E-state index contributed by atoms with van der Waals surface area (Å²) in [4.78, 5) is 23.6. The van der Waals surface area contributed by atoms with E-state index >= 15 is 0 Å². The standard InChI is InChI=1S/C21H25N5O3/c1-4-16(17-13-25-8-5-7-22-20(25)23-17)24-21(27)26-9-6-14-10-18(28-2)19(29-3)11-15(14)12-26/h5,7-8,10-11,13,16H,4,6,9,12H2,1-3H3,(H,24,27). The molecule has 8 heteroatoms. The smallest absolute Gasteiger partial charge is 0.318 e. The van der Waals surface area contributed by atoms with Crippen molar-refractivity contribution < 1.29 is 14.3 Å². The monoisotopic (exact) mass is 395 g/mol. The quantitative estimate of drug-likeness (QED) is 0.718. The highest BCUT2D eigenvalue weighted by atomic mass is 16.5. The number of imidazole rings is 1. The molecule has 3 aromatic rings. The Kier molecular flexibility index (Phi) is 5.24. The molecule has 0 bridgehead atoms. The molecule has 29 heavy (non-hydrogen) atoms. The summed E-state index contributed by atoms with van der Waals surface area (Å²) in [6.45, 7) is 3.22. The Morgan fingerprint density at radius 2 is 2.00 bits per heavy atom. The molecule has 1 N–H and O–H groups in total. The number of urea groups is 1. The maximum Gasteiger partial charge on any atom is 0.318 e. The lowest BCUT2D eigenvalue weighted by atomic mass is 9.99. The fourth-order valence-corrected chi connectivity index (χ4v) is 3.70. The van der Waals surface area contributed by atoms with Crippen molar-refractivity contribution in [3.05, 3.63) is 53.6 Å². The second kappa shape index (κ2) is 7.98. The Bertz CT molecular complexity index is 999. The van der Waals surface area contributed by atoms with Crippen molar-refractivity contribution in [2.24, 2.45) is 0 Å². The van der Waals surface area contributed by atoms with Gasteiger partial charge in [0, 0.05) is 31.7 Å². The van der Waals surface area contributed by atoms with Gasteiger partial charge in [-0.25, -0.2) is 14.8 Å². The van der Waals surface area contributed by atoms with Gasteiger partial charge in [-0.3, -0.25) is 4.40 Å². The SMILES string of the molecule is CCC(NC(=O)N1CCc2cc(OC)c(OC)cc2C1)c1cn2cccnc2n1. The molecule has 152 valence electrons. The van der Waals surface area contributed by atoms with Gasteiger partial charge in [0.25, 0.3) is 0 Å². The van der Waals surface area contributed by atoms with Crippen LogP contribution in [0.25, 0.3) is 5.78 Å². The number of methoxy groups -OCH3 is 2. The zero-order valence-corrected chi connectivity index (χ0v) is 16.9. The third kappa shape index (κ3) is 3.70. The number of rotatable bonds is 5. The second-order valence-corrected chi connectivity index (χ2v) is 7.05. The maximum atomic E-state index is 13.0. The highest BCUT2D eigenvalue weighted by Crippen LogP contribution is 2.33. The molecular weight excluding hydrogens is 370 g/mol. The van der Waals surface area contributed by atoms with E-state index in [0.29, 0.717) is 24.6 Å². The summed E-state index contributed by atoms with van der Waals surface area (Å²) in [6, 6.07) is 5.55. The summed E-state index contributed by atoms with van der Waals surface area (Å²) in [5.74, 6) is 2.02. The van der Waals surface area contributed by atoms with Crippen LogP contribution in [-0.2, 0) is 13.0 Å². The third-order valence-electron chi connectivity index (χ3n) is 5.32. The molecule has 8 nitrogen and oxygen atoms in total. The van der Waals surface area contributed by atoms with Gasteiger partial charge < -0.3 is 19.7 Å². The first kappa shape index (κ1) is 19.0. The van der Waals surface area contributed by atoms with Crippen molar-refractivity contribution in [1.29, 1.82) is 0 Å². The number of carbonyl (C=O) groups is 1. The summed E-state index contributed by atoms with van der Waals surface area (Å²) in [5.41, 5.74) is 3.07. The van der Waals surface area contributed by atoms with E-state index in [1.807, 2.05) is 46.8 Å². The number of ether oxygens (including phenoxy) is 2. The summed E-state index contributed by atoms with van der Waals surface area (Å²) >= 11 is 0. The van der Waals surface area contributed by atoms with E-state index in [2.05, 4.69) is 15.3 Å². The largest absolute Gasteiger partial charge is 0.493 e. The average molecular weight is 395 g/mol. The van der Waals surface area contributed by atoms with Crippen LogP contribution >= 0.6 is 0 Å². The zero-order valence-electron chi connectivity index (χ0n) is 16.9. The predicted molar refractivity (Wildman–Crippen MR) is 108 cm³/mol. The van der Waals surface area contributed by atoms with Crippen LogP contribution in [0, 0.1) is 0 Å². The number of fused-ring (bicyclic) bond motifs is 2. The maximum absolute atomic E-state index is 13.0. The van der Waals surface area contributed by atoms with Gasteiger partial charge in [-0.1, -0.05) is 6.92 Å². The molecule has 1 aliphatic heterocycles. The van der Waals surface area contributed by atoms with Crippen LogP contribution in [0.3, 0.4) is 0 Å². The fourth-order valence-electron chi connectivity index (χ4n) is 3.70. The lowest BCUT2D eigenvalue weighted by molar-refractivity contribution is 0.187. The Hall–Kier alpha value is -3.29. The molecule has 1 aliphatic rings. The molecule has 0 aliphatic carbocycles. The van der Waals surface area contributed by atoms with Gasteiger partial charge in [0.1, 0.15) is 0 Å². The number of nitrogens with one attached hydrogen (secondary N) is 1. The summed E-state index contributed by atoms with van der Waals surface area (Å²) in [5, 5.41) is 3.12. The van der Waals surface area contributed by atoms with Gasteiger partial charge in [-0.2, -0.15) is 0 Å². The molecule has 2 amide bonds. The second-order valence-electron chi connectivity index (χ2n) is 7.05. The van der Waals surface area contributed by atoms with Crippen molar-refractivity contribution in [1.82, 2.24) is 24.6 Å². The van der Waals surface area contributed by atoms with Crippen LogP contribution in [0.1, 0.15) is 36.2 Å². The van der Waals surface area contributed by atoms with E-state index in [1.54, 1.807) is 20.4 Å². The number of aromatic nitrogens is 3. The van der Waals surface area contributed by atoms with Gasteiger partial charge in [-0.05, 0) is 42.2 Å². The Labute approximate surface area is 169 Å². The van der Waals surface area contributed by atoms with E-state index in [4.69, 9.17) is 9.47 Å². The minimum atomic E-state index is -0.170. The van der Waals surface area contributed by atoms with Crippen molar-refractivity contribution in [3.63, 3.8) is 0 Å². The number of hydrogen-bond donors (Lipinski definition) is 1. The molecule has 1 atom stereocenters. The first-order valence-electron chi connectivity index (χ1n) is 9.71. The van der Waals surface area contributed by atoms with Gasteiger partial charge in [0.05, 0.1) is 26.0 Å². The molecule has 3 heterocycles. The molecular formula is C21H25N5O3. The van der Waals surface area contributed by atoms with Gasteiger partial charge in [0.2, 0.25) is 5.78 Å². The molecule has 0 spiro atoms. The minimum Gasteiger partial charge on any atom is -0.493 e. The normalized spacial score (nSPS) is 14.4. The third-order valence-corrected chi connectivity index (χ3v) is 5.32. The van der Waals surface area contributed by atoms with Crippen molar-refractivity contribution in [2.45, 2.75) is 32.4 Å². The predicted octanol–water partition coefficient (Wildman–Crippen LogP) is 2.97. The van der Waals surface area contributed by atoms with Crippen LogP contribution in [0.4, 0.5) is 4.79 Å². The van der Waals surface area contributed by atoms with Gasteiger partial charge in [-0.15, -0.1) is 0 Å². The highest BCUT2D eigenvalue weighted by molar-refractivity contribution is 5.75. The lowest BCUT2D eigenvalue weighted by Crippen LogP contribution is -2.44. The van der Waals surface area contributed by atoms with Crippen LogP contribution in [-0.4, -0.2) is 46.1 Å². The first-order valence-corrected chi connectivity index (χ1v) is 9.71. The van der Waals surface area contributed by atoms with Crippen molar-refractivity contribution in [3.8, 4) is 11.5 Å². The summed E-state index contributed by atoms with van der Waals surface area (Å²) in [6.07, 6.45) is 7.04.